The SMILES string of the molecule is CCCc1nc(C(C)(C)C)n(Cc2ccccc2)c1N. The van der Waals surface area contributed by atoms with Gasteiger partial charge in [0.05, 0.1) is 12.2 Å². The summed E-state index contributed by atoms with van der Waals surface area (Å²) in [5.74, 6) is 1.89. The molecule has 1 aromatic carbocycles. The smallest absolute Gasteiger partial charge is 0.127 e. The van der Waals surface area contributed by atoms with Crippen molar-refractivity contribution in [1.29, 1.82) is 0 Å². The van der Waals surface area contributed by atoms with Crippen molar-refractivity contribution in [2.24, 2.45) is 0 Å². The molecule has 3 nitrogen and oxygen atoms in total. The van der Waals surface area contributed by atoms with Gasteiger partial charge in [-0.15, -0.1) is 0 Å². The van der Waals surface area contributed by atoms with E-state index in [1.165, 1.54) is 5.56 Å². The first kappa shape index (κ1) is 14.6. The van der Waals surface area contributed by atoms with E-state index in [9.17, 15) is 0 Å². The Morgan fingerprint density at radius 1 is 1.15 bits per heavy atom. The average Bonchev–Trinajstić information content (AvgIpc) is 2.69. The summed E-state index contributed by atoms with van der Waals surface area (Å²) in [6, 6.07) is 10.4. The zero-order chi connectivity index (χ0) is 14.8. The third-order valence-electron chi connectivity index (χ3n) is 3.42. The molecule has 20 heavy (non-hydrogen) atoms. The van der Waals surface area contributed by atoms with Gasteiger partial charge in [-0.3, -0.25) is 0 Å². The fourth-order valence-corrected chi connectivity index (χ4v) is 2.43. The summed E-state index contributed by atoms with van der Waals surface area (Å²) in [5.41, 5.74) is 8.62. The van der Waals surface area contributed by atoms with Crippen molar-refractivity contribution in [3.05, 3.63) is 47.4 Å². The first-order chi connectivity index (χ1) is 9.43. The molecule has 0 unspecified atom stereocenters. The predicted octanol–water partition coefficient (Wildman–Crippen LogP) is 3.76. The Balaban J connectivity index is 2.44. The van der Waals surface area contributed by atoms with Crippen molar-refractivity contribution in [1.82, 2.24) is 9.55 Å². The molecule has 0 spiro atoms. The number of hydrogen-bond donors (Lipinski definition) is 1. The molecule has 108 valence electrons. The van der Waals surface area contributed by atoms with E-state index in [2.05, 4.69) is 56.5 Å². The van der Waals surface area contributed by atoms with Crippen LogP contribution in [-0.4, -0.2) is 9.55 Å². The summed E-state index contributed by atoms with van der Waals surface area (Å²) >= 11 is 0. The lowest BCUT2D eigenvalue weighted by molar-refractivity contribution is 0.512. The third kappa shape index (κ3) is 3.03. The second-order valence-corrected chi connectivity index (χ2v) is 6.34. The number of aromatic nitrogens is 2. The molecule has 0 aliphatic rings. The molecule has 2 N–H and O–H groups in total. The van der Waals surface area contributed by atoms with Crippen LogP contribution in [0.2, 0.25) is 0 Å². The first-order valence-electron chi connectivity index (χ1n) is 7.32. The molecule has 2 aromatic rings. The van der Waals surface area contributed by atoms with E-state index >= 15 is 0 Å². The van der Waals surface area contributed by atoms with Crippen LogP contribution >= 0.6 is 0 Å². The highest BCUT2D eigenvalue weighted by Crippen LogP contribution is 2.27. The Morgan fingerprint density at radius 2 is 1.80 bits per heavy atom. The van der Waals surface area contributed by atoms with Crippen molar-refractivity contribution in [3.8, 4) is 0 Å². The molecule has 0 radical (unpaired) electrons. The molecule has 3 heteroatoms. The Labute approximate surface area is 121 Å². The Bertz CT molecular complexity index is 562. The summed E-state index contributed by atoms with van der Waals surface area (Å²) in [6.07, 6.45) is 2.01. The zero-order valence-corrected chi connectivity index (χ0v) is 13.0. The minimum absolute atomic E-state index is 0.00507. The van der Waals surface area contributed by atoms with Crippen molar-refractivity contribution >= 4 is 5.82 Å². The molecule has 0 saturated carbocycles. The van der Waals surface area contributed by atoms with Crippen molar-refractivity contribution in [2.45, 2.75) is 52.5 Å². The zero-order valence-electron chi connectivity index (χ0n) is 13.0. The highest BCUT2D eigenvalue weighted by Gasteiger charge is 2.24. The Kier molecular flexibility index (Phi) is 4.17. The van der Waals surface area contributed by atoms with E-state index < -0.39 is 0 Å². The Morgan fingerprint density at radius 3 is 2.35 bits per heavy atom. The van der Waals surface area contributed by atoms with Crippen LogP contribution in [0.5, 0.6) is 0 Å². The number of benzene rings is 1. The van der Waals surface area contributed by atoms with E-state index in [0.717, 1.165) is 36.7 Å². The summed E-state index contributed by atoms with van der Waals surface area (Å²) in [7, 11) is 0. The van der Waals surface area contributed by atoms with Gasteiger partial charge in [-0.25, -0.2) is 4.98 Å². The van der Waals surface area contributed by atoms with Gasteiger partial charge in [-0.1, -0.05) is 64.4 Å². The maximum atomic E-state index is 6.34. The molecule has 0 bridgehead atoms. The number of nitrogens with zero attached hydrogens (tertiary/aromatic N) is 2. The lowest BCUT2D eigenvalue weighted by atomic mass is 9.95. The number of rotatable bonds is 4. The highest BCUT2D eigenvalue weighted by molar-refractivity contribution is 5.41. The average molecular weight is 271 g/mol. The molecule has 1 heterocycles. The number of anilines is 1. The summed E-state index contributed by atoms with van der Waals surface area (Å²) < 4.78 is 2.17. The monoisotopic (exact) mass is 271 g/mol. The van der Waals surface area contributed by atoms with Crippen LogP contribution in [0.4, 0.5) is 5.82 Å². The number of nitrogens with two attached hydrogens (primary N) is 1. The molecule has 0 aliphatic heterocycles. The number of aryl methyl sites for hydroxylation is 1. The van der Waals surface area contributed by atoms with E-state index in [0.29, 0.717) is 0 Å². The maximum absolute atomic E-state index is 6.34. The van der Waals surface area contributed by atoms with Crippen LogP contribution in [-0.2, 0) is 18.4 Å². The molecule has 2 rings (SSSR count). The molecule has 0 fully saturated rings. The molecule has 1 aromatic heterocycles. The van der Waals surface area contributed by atoms with Crippen LogP contribution in [0.25, 0.3) is 0 Å². The van der Waals surface area contributed by atoms with Crippen LogP contribution in [0.1, 0.15) is 51.2 Å². The third-order valence-corrected chi connectivity index (χ3v) is 3.42. The van der Waals surface area contributed by atoms with E-state index in [1.54, 1.807) is 0 Å². The summed E-state index contributed by atoms with van der Waals surface area (Å²) in [6.45, 7) is 9.51. The van der Waals surface area contributed by atoms with Gasteiger partial charge in [0, 0.05) is 5.41 Å². The quantitative estimate of drug-likeness (QED) is 0.920. The van der Waals surface area contributed by atoms with Gasteiger partial charge in [0.2, 0.25) is 0 Å². The van der Waals surface area contributed by atoms with Gasteiger partial charge < -0.3 is 10.3 Å². The second-order valence-electron chi connectivity index (χ2n) is 6.34. The topological polar surface area (TPSA) is 43.8 Å². The number of imidazole rings is 1. The van der Waals surface area contributed by atoms with E-state index in [1.807, 2.05) is 6.07 Å². The lowest BCUT2D eigenvalue weighted by Gasteiger charge is -2.20. The van der Waals surface area contributed by atoms with Crippen LogP contribution in [0.3, 0.4) is 0 Å². The normalized spacial score (nSPS) is 11.8. The van der Waals surface area contributed by atoms with Crippen LogP contribution in [0.15, 0.2) is 30.3 Å². The van der Waals surface area contributed by atoms with Crippen LogP contribution in [0, 0.1) is 0 Å². The highest BCUT2D eigenvalue weighted by atomic mass is 15.1. The van der Waals surface area contributed by atoms with Gasteiger partial charge in [-0.05, 0) is 12.0 Å². The summed E-state index contributed by atoms with van der Waals surface area (Å²) in [5, 5.41) is 0. The lowest BCUT2D eigenvalue weighted by Crippen LogP contribution is -2.20. The minimum atomic E-state index is -0.00507. The van der Waals surface area contributed by atoms with Crippen molar-refractivity contribution < 1.29 is 0 Å². The summed E-state index contributed by atoms with van der Waals surface area (Å²) in [4.78, 5) is 4.80. The van der Waals surface area contributed by atoms with Gasteiger partial charge in [0.15, 0.2) is 0 Å². The van der Waals surface area contributed by atoms with Gasteiger partial charge in [-0.2, -0.15) is 0 Å². The number of nitrogen functional groups attached to an aromatic ring is 1. The maximum Gasteiger partial charge on any atom is 0.127 e. The first-order valence-corrected chi connectivity index (χ1v) is 7.32. The van der Waals surface area contributed by atoms with Crippen molar-refractivity contribution in [2.75, 3.05) is 5.73 Å². The van der Waals surface area contributed by atoms with Gasteiger partial charge in [0.1, 0.15) is 11.6 Å². The minimum Gasteiger partial charge on any atom is -0.384 e. The second kappa shape index (κ2) is 5.70. The molecular weight excluding hydrogens is 246 g/mol. The van der Waals surface area contributed by atoms with Crippen molar-refractivity contribution in [3.63, 3.8) is 0 Å². The molecule has 0 amide bonds. The standard InChI is InChI=1S/C17H25N3/c1-5-9-14-15(18)20(16(19-14)17(2,3)4)12-13-10-7-6-8-11-13/h6-8,10-11H,5,9,12,18H2,1-4H3. The number of hydrogen-bond acceptors (Lipinski definition) is 2. The fourth-order valence-electron chi connectivity index (χ4n) is 2.43. The molecule has 0 saturated heterocycles. The predicted molar refractivity (Wildman–Crippen MR) is 84.9 cm³/mol. The molecule has 0 atom stereocenters. The molecule has 0 aliphatic carbocycles. The Hall–Kier alpha value is -1.77. The van der Waals surface area contributed by atoms with E-state index in [-0.39, 0.29) is 5.41 Å². The van der Waals surface area contributed by atoms with Crippen LogP contribution < -0.4 is 5.73 Å². The van der Waals surface area contributed by atoms with E-state index in [4.69, 9.17) is 10.7 Å². The molecular formula is C17H25N3. The largest absolute Gasteiger partial charge is 0.384 e. The van der Waals surface area contributed by atoms with Gasteiger partial charge >= 0.3 is 0 Å². The fraction of sp³-hybridized carbons (Fsp3) is 0.471. The van der Waals surface area contributed by atoms with Gasteiger partial charge in [0.25, 0.3) is 0 Å².